The number of carbonyl (C=O) groups excluding carboxylic acids is 2. The Morgan fingerprint density at radius 3 is 2.50 bits per heavy atom. The van der Waals surface area contributed by atoms with Crippen molar-refractivity contribution in [2.45, 2.75) is 40.3 Å². The second-order valence-electron chi connectivity index (χ2n) is 9.53. The second kappa shape index (κ2) is 12.2. The highest BCUT2D eigenvalue weighted by atomic mass is 19.1. The van der Waals surface area contributed by atoms with Gasteiger partial charge in [-0.3, -0.25) is 19.3 Å². The van der Waals surface area contributed by atoms with Crippen LogP contribution >= 0.6 is 0 Å². The molecule has 0 bridgehead atoms. The Labute approximate surface area is 221 Å². The molecule has 202 valence electrons. The predicted molar refractivity (Wildman–Crippen MR) is 144 cm³/mol. The van der Waals surface area contributed by atoms with E-state index in [0.29, 0.717) is 11.9 Å². The van der Waals surface area contributed by atoms with E-state index in [9.17, 15) is 18.8 Å². The van der Waals surface area contributed by atoms with Gasteiger partial charge < -0.3 is 15.0 Å². The standard InChI is InChI=1S/C28H34FN5O4/c1-4-38-27(36)17-25-23-8-6-21(29)16-24(23)28(37)34(31-25)18-30-26(35)9-10-32-11-13-33(14-12-32)22-7-5-19(2)20(3)15-22/h5-8,15-16H,4,9-14,17-18H2,1-3H3,(H,30,35). The zero-order valence-corrected chi connectivity index (χ0v) is 22.1. The molecular weight excluding hydrogens is 489 g/mol. The van der Waals surface area contributed by atoms with Crippen LogP contribution in [0.4, 0.5) is 10.1 Å². The molecule has 9 nitrogen and oxygen atoms in total. The van der Waals surface area contributed by atoms with E-state index >= 15 is 0 Å². The molecule has 0 aliphatic carbocycles. The van der Waals surface area contributed by atoms with Gasteiger partial charge in [0.25, 0.3) is 5.56 Å². The molecule has 3 aromatic rings. The Kier molecular flexibility index (Phi) is 8.73. The van der Waals surface area contributed by atoms with Crippen molar-refractivity contribution in [1.82, 2.24) is 20.0 Å². The first-order valence-corrected chi connectivity index (χ1v) is 12.9. The number of carbonyl (C=O) groups is 2. The van der Waals surface area contributed by atoms with Crippen LogP contribution in [0.3, 0.4) is 0 Å². The first kappa shape index (κ1) is 27.3. The minimum atomic E-state index is -0.573. The van der Waals surface area contributed by atoms with Crippen molar-refractivity contribution >= 4 is 28.3 Å². The molecular formula is C28H34FN5O4. The first-order chi connectivity index (χ1) is 18.2. The number of benzene rings is 2. The van der Waals surface area contributed by atoms with E-state index in [4.69, 9.17) is 4.74 Å². The number of rotatable bonds is 9. The summed E-state index contributed by atoms with van der Waals surface area (Å²) in [6, 6.07) is 10.3. The molecule has 0 saturated carbocycles. The minimum Gasteiger partial charge on any atom is -0.466 e. The van der Waals surface area contributed by atoms with Gasteiger partial charge in [-0.15, -0.1) is 0 Å². The molecule has 0 radical (unpaired) electrons. The normalized spacial score (nSPS) is 14.1. The highest BCUT2D eigenvalue weighted by Gasteiger charge is 2.19. The zero-order chi connectivity index (χ0) is 27.2. The van der Waals surface area contributed by atoms with E-state index in [1.165, 1.54) is 28.9 Å². The summed E-state index contributed by atoms with van der Waals surface area (Å²) in [4.78, 5) is 42.1. The van der Waals surface area contributed by atoms with E-state index in [1.54, 1.807) is 6.92 Å². The molecule has 2 aromatic carbocycles. The molecule has 10 heteroatoms. The monoisotopic (exact) mass is 523 g/mol. The number of piperazine rings is 1. The lowest BCUT2D eigenvalue weighted by Gasteiger charge is -2.36. The maximum absolute atomic E-state index is 13.9. The number of nitrogens with zero attached hydrogens (tertiary/aromatic N) is 4. The van der Waals surface area contributed by atoms with E-state index in [2.05, 4.69) is 52.3 Å². The summed E-state index contributed by atoms with van der Waals surface area (Å²) in [6.07, 6.45) is 0.106. The van der Waals surface area contributed by atoms with Crippen LogP contribution in [0.25, 0.3) is 10.8 Å². The quantitative estimate of drug-likeness (QED) is 0.431. The smallest absolute Gasteiger partial charge is 0.311 e. The third-order valence-electron chi connectivity index (χ3n) is 6.92. The third-order valence-corrected chi connectivity index (χ3v) is 6.92. The maximum atomic E-state index is 13.9. The van der Waals surface area contributed by atoms with E-state index in [-0.39, 0.29) is 43.1 Å². The Morgan fingerprint density at radius 1 is 1.03 bits per heavy atom. The number of halogens is 1. The van der Waals surface area contributed by atoms with Gasteiger partial charge in [-0.2, -0.15) is 5.10 Å². The van der Waals surface area contributed by atoms with Crippen LogP contribution in [0.2, 0.25) is 0 Å². The Morgan fingerprint density at radius 2 is 1.79 bits per heavy atom. The molecule has 1 aromatic heterocycles. The van der Waals surface area contributed by atoms with Gasteiger partial charge in [0.1, 0.15) is 12.5 Å². The van der Waals surface area contributed by atoms with Crippen molar-refractivity contribution in [3.05, 3.63) is 69.4 Å². The summed E-state index contributed by atoms with van der Waals surface area (Å²) in [5, 5.41) is 7.47. The number of aromatic nitrogens is 2. The summed E-state index contributed by atoms with van der Waals surface area (Å²) in [5.74, 6) is -1.30. The molecule has 1 N–H and O–H groups in total. The van der Waals surface area contributed by atoms with Crippen LogP contribution in [0.5, 0.6) is 0 Å². The van der Waals surface area contributed by atoms with Crippen LogP contribution in [-0.2, 0) is 27.4 Å². The van der Waals surface area contributed by atoms with Crippen molar-refractivity contribution < 1.29 is 18.7 Å². The molecule has 1 aliphatic rings. The van der Waals surface area contributed by atoms with Crippen molar-refractivity contribution in [3.8, 4) is 0 Å². The SMILES string of the molecule is CCOC(=O)Cc1nn(CNC(=O)CCN2CCN(c3ccc(C)c(C)c3)CC2)c(=O)c2cc(F)ccc12. The van der Waals surface area contributed by atoms with Gasteiger partial charge in [0, 0.05) is 50.2 Å². The van der Waals surface area contributed by atoms with Crippen molar-refractivity contribution in [2.75, 3.05) is 44.2 Å². The fourth-order valence-corrected chi connectivity index (χ4v) is 4.58. The average Bonchev–Trinajstić information content (AvgIpc) is 2.90. The van der Waals surface area contributed by atoms with E-state index < -0.39 is 17.3 Å². The molecule has 4 rings (SSSR count). The lowest BCUT2D eigenvalue weighted by atomic mass is 10.1. The molecule has 0 unspecified atom stereocenters. The molecule has 0 atom stereocenters. The molecule has 0 spiro atoms. The summed E-state index contributed by atoms with van der Waals surface area (Å²) in [5.41, 5.74) is 3.52. The highest BCUT2D eigenvalue weighted by molar-refractivity contribution is 5.87. The van der Waals surface area contributed by atoms with Crippen molar-refractivity contribution in [2.24, 2.45) is 0 Å². The zero-order valence-electron chi connectivity index (χ0n) is 22.1. The van der Waals surface area contributed by atoms with Gasteiger partial charge >= 0.3 is 5.97 Å². The number of esters is 1. The number of anilines is 1. The number of hydrogen-bond acceptors (Lipinski definition) is 7. The van der Waals surface area contributed by atoms with Crippen molar-refractivity contribution in [3.63, 3.8) is 0 Å². The molecule has 2 heterocycles. The summed E-state index contributed by atoms with van der Waals surface area (Å²) >= 11 is 0. The first-order valence-electron chi connectivity index (χ1n) is 12.9. The summed E-state index contributed by atoms with van der Waals surface area (Å²) in [7, 11) is 0. The highest BCUT2D eigenvalue weighted by Crippen LogP contribution is 2.20. The molecule has 1 fully saturated rings. The number of nitrogens with one attached hydrogen (secondary N) is 1. The predicted octanol–water partition coefficient (Wildman–Crippen LogP) is 2.54. The van der Waals surface area contributed by atoms with Crippen LogP contribution in [0.1, 0.15) is 30.2 Å². The number of amides is 1. The number of aryl methyl sites for hydroxylation is 2. The Hall–Kier alpha value is -3.79. The second-order valence-corrected chi connectivity index (χ2v) is 9.53. The van der Waals surface area contributed by atoms with Gasteiger partial charge in [0.05, 0.1) is 24.1 Å². The molecule has 38 heavy (non-hydrogen) atoms. The van der Waals surface area contributed by atoms with Crippen LogP contribution in [0, 0.1) is 19.7 Å². The van der Waals surface area contributed by atoms with Gasteiger partial charge in [0.2, 0.25) is 5.91 Å². The fourth-order valence-electron chi connectivity index (χ4n) is 4.58. The molecule has 1 amide bonds. The van der Waals surface area contributed by atoms with Crippen LogP contribution < -0.4 is 15.8 Å². The van der Waals surface area contributed by atoms with Gasteiger partial charge in [-0.05, 0) is 62.2 Å². The largest absolute Gasteiger partial charge is 0.466 e. The third kappa shape index (κ3) is 6.55. The van der Waals surface area contributed by atoms with Crippen LogP contribution in [-0.4, -0.2) is 65.9 Å². The molecule has 1 aliphatic heterocycles. The molecule has 1 saturated heterocycles. The average molecular weight is 524 g/mol. The Bertz CT molecular complexity index is 1380. The fraction of sp³-hybridized carbons (Fsp3) is 0.429. The minimum absolute atomic E-state index is 0.0928. The van der Waals surface area contributed by atoms with Gasteiger partial charge in [-0.25, -0.2) is 9.07 Å². The van der Waals surface area contributed by atoms with Gasteiger partial charge in [-0.1, -0.05) is 6.07 Å². The number of fused-ring (bicyclic) bond motifs is 1. The summed E-state index contributed by atoms with van der Waals surface area (Å²) in [6.45, 7) is 10.0. The number of hydrogen-bond donors (Lipinski definition) is 1. The lowest BCUT2D eigenvalue weighted by molar-refractivity contribution is -0.142. The van der Waals surface area contributed by atoms with Crippen molar-refractivity contribution in [1.29, 1.82) is 0 Å². The van der Waals surface area contributed by atoms with Gasteiger partial charge in [0.15, 0.2) is 0 Å². The maximum Gasteiger partial charge on any atom is 0.311 e. The number of ether oxygens (including phenoxy) is 1. The topological polar surface area (TPSA) is 96.8 Å². The Balaban J connectivity index is 1.33. The lowest BCUT2D eigenvalue weighted by Crippen LogP contribution is -2.47. The summed E-state index contributed by atoms with van der Waals surface area (Å²) < 4.78 is 19.9. The van der Waals surface area contributed by atoms with Crippen LogP contribution in [0.15, 0.2) is 41.2 Å². The van der Waals surface area contributed by atoms with E-state index in [1.807, 2.05) is 0 Å². The van der Waals surface area contributed by atoms with E-state index in [0.717, 1.165) is 36.9 Å².